The molecule has 3 aromatic rings. The minimum absolute atomic E-state index is 0.0121. The lowest BCUT2D eigenvalue weighted by Crippen LogP contribution is -2.00. The molecule has 18 heavy (non-hydrogen) atoms. The first-order valence-corrected chi connectivity index (χ1v) is 5.81. The van der Waals surface area contributed by atoms with E-state index >= 15 is 0 Å². The van der Waals surface area contributed by atoms with Crippen molar-refractivity contribution in [2.45, 2.75) is 6.92 Å². The fourth-order valence-corrected chi connectivity index (χ4v) is 2.29. The van der Waals surface area contributed by atoms with E-state index in [9.17, 15) is 4.79 Å². The largest absolute Gasteiger partial charge is 0.469 e. The number of fused-ring (bicyclic) bond motifs is 1. The molecule has 0 atom stereocenters. The second-order valence-corrected chi connectivity index (χ2v) is 4.39. The Labute approximate surface area is 105 Å². The highest BCUT2D eigenvalue weighted by molar-refractivity contribution is 6.16. The number of hydrogen-bond acceptors (Lipinski definition) is 2. The van der Waals surface area contributed by atoms with Gasteiger partial charge in [-0.1, -0.05) is 18.2 Å². The van der Waals surface area contributed by atoms with Crippen molar-refractivity contribution < 1.29 is 9.21 Å². The topological polar surface area (TPSA) is 35.1 Å². The molecule has 2 heterocycles. The van der Waals surface area contributed by atoms with Gasteiger partial charge in [0.2, 0.25) is 0 Å². The summed E-state index contributed by atoms with van der Waals surface area (Å²) < 4.78 is 7.17. The lowest BCUT2D eigenvalue weighted by Gasteiger charge is -1.97. The third-order valence-electron chi connectivity index (χ3n) is 3.25. The van der Waals surface area contributed by atoms with Gasteiger partial charge in [0.05, 0.1) is 11.8 Å². The van der Waals surface area contributed by atoms with E-state index in [-0.39, 0.29) is 5.78 Å². The van der Waals surface area contributed by atoms with Gasteiger partial charge in [-0.05, 0) is 19.1 Å². The van der Waals surface area contributed by atoms with Gasteiger partial charge in [-0.25, -0.2) is 0 Å². The van der Waals surface area contributed by atoms with Crippen molar-refractivity contribution in [2.75, 3.05) is 0 Å². The number of carbonyl (C=O) groups excluding carboxylic acids is 1. The maximum atomic E-state index is 12.5. The van der Waals surface area contributed by atoms with Crippen LogP contribution in [-0.4, -0.2) is 10.4 Å². The standard InChI is InChI=1S/C15H13NO2/c1-10-11(7-8-18-10)15(17)13-9-16(2)14-6-4-3-5-12(13)14/h3-9H,1-2H3. The molecular formula is C15H13NO2. The van der Waals surface area contributed by atoms with E-state index < -0.39 is 0 Å². The monoisotopic (exact) mass is 239 g/mol. The van der Waals surface area contributed by atoms with Gasteiger partial charge in [0.25, 0.3) is 0 Å². The smallest absolute Gasteiger partial charge is 0.198 e. The average Bonchev–Trinajstić information content (AvgIpc) is 2.94. The van der Waals surface area contributed by atoms with Crippen LogP contribution in [0.2, 0.25) is 0 Å². The van der Waals surface area contributed by atoms with Gasteiger partial charge < -0.3 is 8.98 Å². The van der Waals surface area contributed by atoms with Gasteiger partial charge in [-0.15, -0.1) is 0 Å². The molecule has 0 N–H and O–H groups in total. The zero-order chi connectivity index (χ0) is 12.7. The first kappa shape index (κ1) is 10.8. The summed E-state index contributed by atoms with van der Waals surface area (Å²) in [5, 5.41) is 0.977. The van der Waals surface area contributed by atoms with Crippen molar-refractivity contribution in [3.05, 3.63) is 59.7 Å². The van der Waals surface area contributed by atoms with Gasteiger partial charge in [0.1, 0.15) is 5.76 Å². The molecule has 0 spiro atoms. The zero-order valence-corrected chi connectivity index (χ0v) is 10.3. The molecule has 1 aromatic carbocycles. The summed E-state index contributed by atoms with van der Waals surface area (Å²) >= 11 is 0. The van der Waals surface area contributed by atoms with Crippen LogP contribution in [0.1, 0.15) is 21.7 Å². The molecule has 0 aliphatic rings. The Morgan fingerprint density at radius 2 is 1.94 bits per heavy atom. The van der Waals surface area contributed by atoms with Crippen molar-refractivity contribution in [3.63, 3.8) is 0 Å². The second-order valence-electron chi connectivity index (χ2n) is 4.39. The Balaban J connectivity index is 2.21. The Hall–Kier alpha value is -2.29. The van der Waals surface area contributed by atoms with Gasteiger partial charge in [0, 0.05) is 29.7 Å². The first-order chi connectivity index (χ1) is 8.68. The van der Waals surface area contributed by atoms with Crippen molar-refractivity contribution >= 4 is 16.7 Å². The van der Waals surface area contributed by atoms with Crippen molar-refractivity contribution in [1.82, 2.24) is 4.57 Å². The maximum absolute atomic E-state index is 12.5. The summed E-state index contributed by atoms with van der Waals surface area (Å²) in [6, 6.07) is 9.62. The Morgan fingerprint density at radius 3 is 2.67 bits per heavy atom. The lowest BCUT2D eigenvalue weighted by atomic mass is 10.0. The van der Waals surface area contributed by atoms with E-state index in [4.69, 9.17) is 4.42 Å². The molecule has 0 unspecified atom stereocenters. The van der Waals surface area contributed by atoms with E-state index in [0.29, 0.717) is 11.3 Å². The number of rotatable bonds is 2. The molecule has 0 aliphatic carbocycles. The van der Waals surface area contributed by atoms with E-state index in [1.165, 1.54) is 0 Å². The van der Waals surface area contributed by atoms with Crippen LogP contribution in [0.4, 0.5) is 0 Å². The molecule has 0 amide bonds. The van der Waals surface area contributed by atoms with Crippen molar-refractivity contribution in [3.8, 4) is 0 Å². The third kappa shape index (κ3) is 1.48. The molecule has 0 bridgehead atoms. The van der Waals surface area contributed by atoms with Crippen LogP contribution in [0, 0.1) is 6.92 Å². The van der Waals surface area contributed by atoms with Crippen LogP contribution in [0.5, 0.6) is 0 Å². The van der Waals surface area contributed by atoms with Crippen molar-refractivity contribution in [1.29, 1.82) is 0 Å². The summed E-state index contributed by atoms with van der Waals surface area (Å²) in [6.07, 6.45) is 3.42. The molecule has 3 nitrogen and oxygen atoms in total. The van der Waals surface area contributed by atoms with Crippen molar-refractivity contribution in [2.24, 2.45) is 7.05 Å². The van der Waals surface area contributed by atoms with Crippen LogP contribution in [0.15, 0.2) is 47.2 Å². The van der Waals surface area contributed by atoms with Crippen LogP contribution < -0.4 is 0 Å². The van der Waals surface area contributed by atoms with Crippen LogP contribution in [0.3, 0.4) is 0 Å². The number of ketones is 1. The fraction of sp³-hybridized carbons (Fsp3) is 0.133. The SMILES string of the molecule is Cc1occc1C(=O)c1cn(C)c2ccccc12. The summed E-state index contributed by atoms with van der Waals surface area (Å²) in [5.41, 5.74) is 2.41. The Morgan fingerprint density at radius 1 is 1.17 bits per heavy atom. The highest BCUT2D eigenvalue weighted by Gasteiger charge is 2.18. The van der Waals surface area contributed by atoms with E-state index in [2.05, 4.69) is 0 Å². The van der Waals surface area contributed by atoms with Gasteiger partial charge in [-0.3, -0.25) is 4.79 Å². The van der Waals surface area contributed by atoms with Gasteiger partial charge >= 0.3 is 0 Å². The molecule has 0 fully saturated rings. The van der Waals surface area contributed by atoms with Gasteiger partial charge in [-0.2, -0.15) is 0 Å². The fourth-order valence-electron chi connectivity index (χ4n) is 2.29. The molecule has 0 radical (unpaired) electrons. The summed E-state index contributed by atoms with van der Waals surface area (Å²) in [4.78, 5) is 12.5. The number of benzene rings is 1. The Kier molecular flexibility index (Phi) is 2.33. The quantitative estimate of drug-likeness (QED) is 0.643. The third-order valence-corrected chi connectivity index (χ3v) is 3.25. The molecular weight excluding hydrogens is 226 g/mol. The summed E-state index contributed by atoms with van der Waals surface area (Å²) in [7, 11) is 1.95. The first-order valence-electron chi connectivity index (χ1n) is 5.81. The predicted molar refractivity (Wildman–Crippen MR) is 69.8 cm³/mol. The van der Waals surface area contributed by atoms with Crippen LogP contribution >= 0.6 is 0 Å². The minimum Gasteiger partial charge on any atom is -0.469 e. The molecule has 0 saturated heterocycles. The maximum Gasteiger partial charge on any atom is 0.198 e. The van der Waals surface area contributed by atoms with E-state index in [0.717, 1.165) is 16.5 Å². The molecule has 3 heteroatoms. The summed E-state index contributed by atoms with van der Waals surface area (Å²) in [6.45, 7) is 1.80. The number of furan rings is 1. The Bertz CT molecular complexity index is 734. The number of para-hydroxylation sites is 1. The lowest BCUT2D eigenvalue weighted by molar-refractivity contribution is 0.103. The molecule has 90 valence electrons. The van der Waals surface area contributed by atoms with Crippen LogP contribution in [-0.2, 0) is 7.05 Å². The highest BCUT2D eigenvalue weighted by atomic mass is 16.3. The van der Waals surface area contributed by atoms with E-state index in [1.807, 2.05) is 42.1 Å². The predicted octanol–water partition coefficient (Wildman–Crippen LogP) is 3.31. The number of hydrogen-bond donors (Lipinski definition) is 0. The second kappa shape index (κ2) is 3.88. The molecule has 0 saturated carbocycles. The minimum atomic E-state index is 0.0121. The van der Waals surface area contributed by atoms with Crippen LogP contribution in [0.25, 0.3) is 10.9 Å². The summed E-state index contributed by atoms with van der Waals surface area (Å²) in [5.74, 6) is 0.672. The molecule has 3 rings (SSSR count). The highest BCUT2D eigenvalue weighted by Crippen LogP contribution is 2.24. The molecule has 2 aromatic heterocycles. The van der Waals surface area contributed by atoms with E-state index in [1.54, 1.807) is 19.3 Å². The normalized spacial score (nSPS) is 11.0. The number of nitrogens with zero attached hydrogens (tertiary/aromatic N) is 1. The number of aromatic nitrogens is 1. The number of aryl methyl sites for hydroxylation is 2. The number of carbonyl (C=O) groups is 1. The van der Waals surface area contributed by atoms with Gasteiger partial charge in [0.15, 0.2) is 5.78 Å². The zero-order valence-electron chi connectivity index (χ0n) is 10.3. The molecule has 0 aliphatic heterocycles. The average molecular weight is 239 g/mol.